The van der Waals surface area contributed by atoms with Crippen molar-refractivity contribution in [3.63, 3.8) is 0 Å². The molecule has 1 aromatic heterocycles. The number of nitrogens with one attached hydrogen (secondary N) is 2. The molecule has 0 unspecified atom stereocenters. The molecular formula is C12H15N3O3. The number of aromatic nitrogens is 1. The van der Waals surface area contributed by atoms with Crippen molar-refractivity contribution in [1.29, 1.82) is 0 Å². The minimum atomic E-state index is -0.446. The van der Waals surface area contributed by atoms with Crippen molar-refractivity contribution in [2.24, 2.45) is 0 Å². The van der Waals surface area contributed by atoms with Gasteiger partial charge in [0, 0.05) is 6.20 Å². The number of hydrogen-bond acceptors (Lipinski definition) is 5. The topological polar surface area (TPSA) is 80.3 Å². The molecule has 0 bridgehead atoms. The Balaban J connectivity index is 1.97. The summed E-state index contributed by atoms with van der Waals surface area (Å²) in [7, 11) is 1.31. The van der Waals surface area contributed by atoms with Crippen LogP contribution in [0.3, 0.4) is 0 Å². The summed E-state index contributed by atoms with van der Waals surface area (Å²) >= 11 is 0. The molecule has 1 aliphatic rings. The highest BCUT2D eigenvalue weighted by atomic mass is 16.5. The number of amides is 1. The van der Waals surface area contributed by atoms with Crippen LogP contribution in [-0.4, -0.2) is 36.6 Å². The first-order valence-electron chi connectivity index (χ1n) is 5.79. The zero-order valence-corrected chi connectivity index (χ0v) is 10.1. The second kappa shape index (κ2) is 5.59. The average molecular weight is 249 g/mol. The van der Waals surface area contributed by atoms with Gasteiger partial charge < -0.3 is 15.4 Å². The second-order valence-electron chi connectivity index (χ2n) is 4.06. The van der Waals surface area contributed by atoms with Gasteiger partial charge in [0.15, 0.2) is 0 Å². The van der Waals surface area contributed by atoms with Crippen molar-refractivity contribution in [2.75, 3.05) is 19.0 Å². The van der Waals surface area contributed by atoms with Crippen LogP contribution in [-0.2, 0) is 9.53 Å². The first-order valence-corrected chi connectivity index (χ1v) is 5.79. The lowest BCUT2D eigenvalue weighted by molar-refractivity contribution is -0.117. The molecule has 1 amide bonds. The second-order valence-corrected chi connectivity index (χ2v) is 4.06. The van der Waals surface area contributed by atoms with E-state index in [1.165, 1.54) is 13.3 Å². The Labute approximate surface area is 105 Å². The Morgan fingerprint density at radius 2 is 2.33 bits per heavy atom. The number of rotatable bonds is 3. The predicted molar refractivity (Wildman–Crippen MR) is 65.2 cm³/mol. The Morgan fingerprint density at radius 3 is 2.89 bits per heavy atom. The maximum atomic E-state index is 11.8. The number of anilines is 1. The third-order valence-corrected chi connectivity index (χ3v) is 2.81. The van der Waals surface area contributed by atoms with Gasteiger partial charge in [0.1, 0.15) is 5.82 Å². The van der Waals surface area contributed by atoms with Gasteiger partial charge in [-0.25, -0.2) is 9.78 Å². The molecule has 96 valence electrons. The number of carbonyl (C=O) groups is 2. The molecule has 6 nitrogen and oxygen atoms in total. The molecule has 0 spiro atoms. The zero-order valence-electron chi connectivity index (χ0n) is 10.1. The van der Waals surface area contributed by atoms with E-state index in [0.717, 1.165) is 19.4 Å². The molecule has 0 saturated carbocycles. The van der Waals surface area contributed by atoms with Crippen LogP contribution in [0, 0.1) is 0 Å². The van der Waals surface area contributed by atoms with Crippen LogP contribution >= 0.6 is 0 Å². The van der Waals surface area contributed by atoms with E-state index < -0.39 is 5.97 Å². The number of methoxy groups -OCH3 is 1. The van der Waals surface area contributed by atoms with Gasteiger partial charge in [-0.3, -0.25) is 4.79 Å². The maximum Gasteiger partial charge on any atom is 0.339 e. The molecule has 1 aromatic rings. The molecule has 2 N–H and O–H groups in total. The Bertz CT molecular complexity index is 438. The quantitative estimate of drug-likeness (QED) is 0.765. The SMILES string of the molecule is COC(=O)c1ccc(NC(=O)[C@@H]2CCCN2)nc1. The summed E-state index contributed by atoms with van der Waals surface area (Å²) < 4.78 is 4.56. The van der Waals surface area contributed by atoms with Crippen molar-refractivity contribution in [3.8, 4) is 0 Å². The number of hydrogen-bond donors (Lipinski definition) is 2. The molecule has 0 aromatic carbocycles. The molecule has 1 atom stereocenters. The summed E-state index contributed by atoms with van der Waals surface area (Å²) in [6.45, 7) is 0.868. The third-order valence-electron chi connectivity index (χ3n) is 2.81. The normalized spacial score (nSPS) is 18.4. The van der Waals surface area contributed by atoms with Crippen molar-refractivity contribution in [3.05, 3.63) is 23.9 Å². The van der Waals surface area contributed by atoms with E-state index in [-0.39, 0.29) is 11.9 Å². The van der Waals surface area contributed by atoms with Crippen LogP contribution in [0.15, 0.2) is 18.3 Å². The summed E-state index contributed by atoms with van der Waals surface area (Å²) in [5, 5.41) is 5.80. The van der Waals surface area contributed by atoms with Gasteiger partial charge in [-0.05, 0) is 31.5 Å². The number of nitrogens with zero attached hydrogens (tertiary/aromatic N) is 1. The van der Waals surface area contributed by atoms with Crippen molar-refractivity contribution < 1.29 is 14.3 Å². The highest BCUT2D eigenvalue weighted by Gasteiger charge is 2.22. The van der Waals surface area contributed by atoms with Gasteiger partial charge in [-0.15, -0.1) is 0 Å². The van der Waals surface area contributed by atoms with Crippen LogP contribution in [0.25, 0.3) is 0 Å². The van der Waals surface area contributed by atoms with E-state index >= 15 is 0 Å². The largest absolute Gasteiger partial charge is 0.465 e. The number of carbonyl (C=O) groups excluding carboxylic acids is 2. The van der Waals surface area contributed by atoms with Crippen LogP contribution in [0.4, 0.5) is 5.82 Å². The van der Waals surface area contributed by atoms with E-state index in [4.69, 9.17) is 0 Å². The molecule has 2 heterocycles. The molecule has 0 aliphatic carbocycles. The Hall–Kier alpha value is -1.95. The smallest absolute Gasteiger partial charge is 0.339 e. The van der Waals surface area contributed by atoms with Crippen molar-refractivity contribution >= 4 is 17.7 Å². The molecule has 1 saturated heterocycles. The van der Waals surface area contributed by atoms with Gasteiger partial charge in [-0.1, -0.05) is 0 Å². The minimum Gasteiger partial charge on any atom is -0.465 e. The lowest BCUT2D eigenvalue weighted by Crippen LogP contribution is -2.35. The molecule has 0 radical (unpaired) electrons. The molecule has 1 fully saturated rings. The fraction of sp³-hybridized carbons (Fsp3) is 0.417. The standard InChI is InChI=1S/C12H15N3O3/c1-18-12(17)8-4-5-10(14-7-8)15-11(16)9-3-2-6-13-9/h4-5,7,9,13H,2-3,6H2,1H3,(H,14,15,16)/t9-/m0/s1. The van der Waals surface area contributed by atoms with Gasteiger partial charge >= 0.3 is 5.97 Å². The van der Waals surface area contributed by atoms with E-state index in [2.05, 4.69) is 20.4 Å². The van der Waals surface area contributed by atoms with Gasteiger partial charge in [0.05, 0.1) is 18.7 Å². The van der Waals surface area contributed by atoms with Crippen LogP contribution in [0.1, 0.15) is 23.2 Å². The van der Waals surface area contributed by atoms with E-state index in [9.17, 15) is 9.59 Å². The summed E-state index contributed by atoms with van der Waals surface area (Å²) in [6.07, 6.45) is 3.22. The third kappa shape index (κ3) is 2.84. The minimum absolute atomic E-state index is 0.0918. The van der Waals surface area contributed by atoms with E-state index in [1.807, 2.05) is 0 Å². The summed E-state index contributed by atoms with van der Waals surface area (Å²) in [5.74, 6) is -0.106. The number of esters is 1. The summed E-state index contributed by atoms with van der Waals surface area (Å²) in [4.78, 5) is 27.0. The Morgan fingerprint density at radius 1 is 1.50 bits per heavy atom. The lowest BCUT2D eigenvalue weighted by atomic mass is 10.2. The number of ether oxygens (including phenoxy) is 1. The fourth-order valence-electron chi connectivity index (χ4n) is 1.83. The summed E-state index contributed by atoms with van der Waals surface area (Å²) in [5.41, 5.74) is 0.356. The molecule has 1 aliphatic heterocycles. The first kappa shape index (κ1) is 12.5. The van der Waals surface area contributed by atoms with Crippen LogP contribution in [0.5, 0.6) is 0 Å². The van der Waals surface area contributed by atoms with Crippen LogP contribution in [0.2, 0.25) is 0 Å². The van der Waals surface area contributed by atoms with E-state index in [0.29, 0.717) is 11.4 Å². The molecule has 6 heteroatoms. The average Bonchev–Trinajstić information content (AvgIpc) is 2.92. The van der Waals surface area contributed by atoms with Gasteiger partial charge in [0.25, 0.3) is 0 Å². The summed E-state index contributed by atoms with van der Waals surface area (Å²) in [6, 6.07) is 3.00. The first-order chi connectivity index (χ1) is 8.70. The van der Waals surface area contributed by atoms with Gasteiger partial charge in [-0.2, -0.15) is 0 Å². The number of pyridine rings is 1. The maximum absolute atomic E-state index is 11.8. The fourth-order valence-corrected chi connectivity index (χ4v) is 1.83. The van der Waals surface area contributed by atoms with Crippen molar-refractivity contribution in [1.82, 2.24) is 10.3 Å². The highest BCUT2D eigenvalue weighted by Crippen LogP contribution is 2.10. The molecule has 18 heavy (non-hydrogen) atoms. The Kier molecular flexibility index (Phi) is 3.88. The zero-order chi connectivity index (χ0) is 13.0. The predicted octanol–water partition coefficient (Wildman–Crippen LogP) is 0.559. The highest BCUT2D eigenvalue weighted by molar-refractivity contribution is 5.94. The monoisotopic (exact) mass is 249 g/mol. The lowest BCUT2D eigenvalue weighted by Gasteiger charge is -2.10. The van der Waals surface area contributed by atoms with Gasteiger partial charge in [0.2, 0.25) is 5.91 Å². The van der Waals surface area contributed by atoms with E-state index in [1.54, 1.807) is 12.1 Å². The molecular weight excluding hydrogens is 234 g/mol. The van der Waals surface area contributed by atoms with Crippen molar-refractivity contribution in [2.45, 2.75) is 18.9 Å². The molecule has 2 rings (SSSR count). The van der Waals surface area contributed by atoms with Crippen LogP contribution < -0.4 is 10.6 Å².